The van der Waals surface area contributed by atoms with Gasteiger partial charge in [0.2, 0.25) is 11.8 Å². The van der Waals surface area contributed by atoms with Gasteiger partial charge in [0, 0.05) is 19.6 Å². The van der Waals surface area contributed by atoms with Gasteiger partial charge in [-0.1, -0.05) is 13.8 Å². The largest absolute Gasteiger partial charge is 0.353 e. The average Bonchev–Trinajstić information content (AvgIpc) is 2.58. The van der Waals surface area contributed by atoms with Crippen LogP contribution in [0.5, 0.6) is 0 Å². The molecule has 0 atom stereocenters. The predicted octanol–water partition coefficient (Wildman–Crippen LogP) is 1.56. The van der Waals surface area contributed by atoms with Crippen molar-refractivity contribution in [1.29, 1.82) is 0 Å². The van der Waals surface area contributed by atoms with Crippen molar-refractivity contribution in [1.82, 2.24) is 10.3 Å². The third-order valence-corrected chi connectivity index (χ3v) is 4.59. The molecule has 7 nitrogen and oxygen atoms in total. The zero-order valence-electron chi connectivity index (χ0n) is 14.6. The first kappa shape index (κ1) is 23.4. The number of piperazine rings is 1. The molecule has 0 unspecified atom stereocenters. The minimum absolute atomic E-state index is 0. The number of nitrogens with two attached hydrogens (primary N) is 1. The first-order valence-electron chi connectivity index (χ1n) is 8.04. The molecular formula is C16H27Cl2N5O2. The lowest BCUT2D eigenvalue weighted by molar-refractivity contribution is -0.125. The van der Waals surface area contributed by atoms with E-state index >= 15 is 0 Å². The van der Waals surface area contributed by atoms with Gasteiger partial charge in [-0.05, 0) is 25.0 Å². The summed E-state index contributed by atoms with van der Waals surface area (Å²) in [6.45, 7) is 5.91. The first-order chi connectivity index (χ1) is 11.0. The summed E-state index contributed by atoms with van der Waals surface area (Å²) in [5.41, 5.74) is 5.90. The Morgan fingerprint density at radius 2 is 2.04 bits per heavy atom. The summed E-state index contributed by atoms with van der Waals surface area (Å²) in [5.74, 6) is 0.653. The van der Waals surface area contributed by atoms with Gasteiger partial charge in [-0.25, -0.2) is 4.98 Å². The van der Waals surface area contributed by atoms with Crippen molar-refractivity contribution in [3.05, 3.63) is 18.3 Å². The average molecular weight is 392 g/mol. The van der Waals surface area contributed by atoms with Crippen molar-refractivity contribution >= 4 is 48.1 Å². The second kappa shape index (κ2) is 10.4. The molecule has 2 heterocycles. The molecule has 0 aliphatic carbocycles. The minimum Gasteiger partial charge on any atom is -0.353 e. The fourth-order valence-corrected chi connectivity index (χ4v) is 2.70. The molecular weight excluding hydrogens is 365 g/mol. The summed E-state index contributed by atoms with van der Waals surface area (Å²) in [6, 6.07) is 3.62. The highest BCUT2D eigenvalue weighted by atomic mass is 35.5. The van der Waals surface area contributed by atoms with Crippen LogP contribution >= 0.6 is 24.8 Å². The molecule has 2 rings (SSSR count). The highest BCUT2D eigenvalue weighted by molar-refractivity contribution is 5.95. The molecule has 0 saturated carbocycles. The minimum atomic E-state index is -0.538. The molecule has 0 radical (unpaired) electrons. The fourth-order valence-electron chi connectivity index (χ4n) is 2.70. The highest BCUT2D eigenvalue weighted by Gasteiger charge is 2.33. The molecule has 1 aliphatic heterocycles. The number of anilines is 2. The van der Waals surface area contributed by atoms with Crippen molar-refractivity contribution in [3.8, 4) is 0 Å². The fraction of sp³-hybridized carbons (Fsp3) is 0.562. The van der Waals surface area contributed by atoms with Crippen LogP contribution in [0, 0.1) is 5.41 Å². The number of hydrogen-bond donors (Lipinski definition) is 3. The van der Waals surface area contributed by atoms with Gasteiger partial charge in [-0.15, -0.1) is 24.8 Å². The number of hydrogen-bond acceptors (Lipinski definition) is 5. The van der Waals surface area contributed by atoms with Crippen molar-refractivity contribution in [2.75, 3.05) is 36.4 Å². The summed E-state index contributed by atoms with van der Waals surface area (Å²) in [5, 5.41) is 5.67. The maximum Gasteiger partial charge on any atom is 0.239 e. The van der Waals surface area contributed by atoms with Gasteiger partial charge in [-0.3, -0.25) is 9.59 Å². The number of halogens is 2. The third kappa shape index (κ3) is 5.45. The lowest BCUT2D eigenvalue weighted by Crippen LogP contribution is -2.48. The summed E-state index contributed by atoms with van der Waals surface area (Å²) in [6.07, 6.45) is 3.01. The van der Waals surface area contributed by atoms with Gasteiger partial charge in [0.05, 0.1) is 23.8 Å². The summed E-state index contributed by atoms with van der Waals surface area (Å²) in [7, 11) is 0. The molecule has 0 aromatic carbocycles. The van der Waals surface area contributed by atoms with Crippen molar-refractivity contribution in [2.24, 2.45) is 11.1 Å². The maximum absolute atomic E-state index is 12.5. The smallest absolute Gasteiger partial charge is 0.239 e. The molecule has 1 aromatic rings. The third-order valence-electron chi connectivity index (χ3n) is 4.59. The van der Waals surface area contributed by atoms with Crippen molar-refractivity contribution in [3.63, 3.8) is 0 Å². The Morgan fingerprint density at radius 1 is 1.36 bits per heavy atom. The molecule has 1 aromatic heterocycles. The number of pyridine rings is 1. The molecule has 4 N–H and O–H groups in total. The van der Waals surface area contributed by atoms with E-state index < -0.39 is 5.41 Å². The number of nitrogens with zero attached hydrogens (tertiary/aromatic N) is 2. The monoisotopic (exact) mass is 391 g/mol. The van der Waals surface area contributed by atoms with Crippen molar-refractivity contribution in [2.45, 2.75) is 26.7 Å². The van der Waals surface area contributed by atoms with Gasteiger partial charge in [0.15, 0.2) is 0 Å². The number of aromatic nitrogens is 1. The molecule has 1 aliphatic rings. The van der Waals surface area contributed by atoms with Crippen LogP contribution in [0.1, 0.15) is 26.7 Å². The van der Waals surface area contributed by atoms with Gasteiger partial charge < -0.3 is 21.3 Å². The van der Waals surface area contributed by atoms with E-state index in [2.05, 4.69) is 15.6 Å². The number of amides is 2. The van der Waals surface area contributed by atoms with Crippen LogP contribution in [0.2, 0.25) is 0 Å². The van der Waals surface area contributed by atoms with E-state index in [0.29, 0.717) is 38.2 Å². The van der Waals surface area contributed by atoms with E-state index in [1.807, 2.05) is 24.8 Å². The van der Waals surface area contributed by atoms with Crippen LogP contribution in [0.15, 0.2) is 18.3 Å². The first-order valence-corrected chi connectivity index (χ1v) is 8.04. The van der Waals surface area contributed by atoms with Crippen LogP contribution in [0.3, 0.4) is 0 Å². The van der Waals surface area contributed by atoms with Gasteiger partial charge >= 0.3 is 0 Å². The van der Waals surface area contributed by atoms with E-state index in [9.17, 15) is 9.59 Å². The second-order valence-electron chi connectivity index (χ2n) is 5.82. The van der Waals surface area contributed by atoms with E-state index in [-0.39, 0.29) is 36.6 Å². The summed E-state index contributed by atoms with van der Waals surface area (Å²) in [4.78, 5) is 30.2. The molecule has 25 heavy (non-hydrogen) atoms. The van der Waals surface area contributed by atoms with Gasteiger partial charge in [0.1, 0.15) is 5.82 Å². The molecule has 142 valence electrons. The summed E-state index contributed by atoms with van der Waals surface area (Å²) < 4.78 is 0. The molecule has 0 bridgehead atoms. The zero-order chi connectivity index (χ0) is 16.9. The summed E-state index contributed by atoms with van der Waals surface area (Å²) >= 11 is 0. The van der Waals surface area contributed by atoms with E-state index in [4.69, 9.17) is 5.73 Å². The zero-order valence-corrected chi connectivity index (χ0v) is 16.2. The van der Waals surface area contributed by atoms with Gasteiger partial charge in [-0.2, -0.15) is 0 Å². The molecule has 9 heteroatoms. The Bertz CT molecular complexity index is 556. The van der Waals surface area contributed by atoms with Crippen LogP contribution in [-0.2, 0) is 9.59 Å². The van der Waals surface area contributed by atoms with E-state index in [1.54, 1.807) is 12.3 Å². The molecule has 0 spiro atoms. The number of nitrogens with one attached hydrogen (secondary N) is 2. The normalized spacial score (nSPS) is 14.0. The molecule has 2 amide bonds. The number of rotatable bonds is 6. The second-order valence-corrected chi connectivity index (χ2v) is 5.82. The van der Waals surface area contributed by atoms with Crippen LogP contribution in [-0.4, -0.2) is 43.0 Å². The quantitative estimate of drug-likeness (QED) is 0.682. The lowest BCUT2D eigenvalue weighted by Gasteiger charge is -2.29. The maximum atomic E-state index is 12.5. The Balaban J connectivity index is 0.00000288. The van der Waals surface area contributed by atoms with Crippen molar-refractivity contribution < 1.29 is 9.59 Å². The van der Waals surface area contributed by atoms with E-state index in [0.717, 1.165) is 12.4 Å². The number of carbonyl (C=O) groups excluding carboxylic acids is 2. The number of carbonyl (C=O) groups is 2. The molecule has 1 saturated heterocycles. The van der Waals surface area contributed by atoms with E-state index in [1.165, 1.54) is 0 Å². The topological polar surface area (TPSA) is 100 Å². The predicted molar refractivity (Wildman–Crippen MR) is 105 cm³/mol. The Kier molecular flexibility index (Phi) is 9.77. The SMILES string of the molecule is CCC(CC)(CN)C(=O)Nc1ccc(N2CCNC(=O)C2)nc1.Cl.Cl. The Morgan fingerprint density at radius 3 is 2.52 bits per heavy atom. The van der Waals surface area contributed by atoms with Gasteiger partial charge in [0.25, 0.3) is 0 Å². The van der Waals surface area contributed by atoms with Crippen LogP contribution < -0.4 is 21.3 Å². The standard InChI is InChI=1S/C16H25N5O2.2ClH/c1-3-16(4-2,11-17)15(23)20-12-5-6-13(19-9-12)21-8-7-18-14(22)10-21;;/h5-6,9H,3-4,7-8,10-11,17H2,1-2H3,(H,18,22)(H,20,23);2*1H. The van der Waals surface area contributed by atoms with Crippen LogP contribution in [0.25, 0.3) is 0 Å². The Labute approximate surface area is 160 Å². The molecule has 1 fully saturated rings. The van der Waals surface area contributed by atoms with Crippen LogP contribution in [0.4, 0.5) is 11.5 Å². The highest BCUT2D eigenvalue weighted by Crippen LogP contribution is 2.27. The lowest BCUT2D eigenvalue weighted by atomic mass is 9.81. The Hall–Kier alpha value is -1.57.